The summed E-state index contributed by atoms with van der Waals surface area (Å²) in [5.41, 5.74) is 1.84. The number of carbonyl (C=O) groups excluding carboxylic acids is 1. The first-order valence-corrected chi connectivity index (χ1v) is 10.8. The standard InChI is InChI=1S/C27H21N3O4/c1-16-23(31)19-12-8-13-20(25(19)34-24(16)17-9-4-3-5-10-17)27(33)30(2)15-22-28-21-14-7-6-11-18(21)26(32)29-22/h3-14H,15H2,1-2H3,(H,28,29,32). The number of carbonyl (C=O) groups is 1. The van der Waals surface area contributed by atoms with Gasteiger partial charge in [0.2, 0.25) is 0 Å². The van der Waals surface area contributed by atoms with E-state index in [9.17, 15) is 14.4 Å². The van der Waals surface area contributed by atoms with Crippen LogP contribution in [0.3, 0.4) is 0 Å². The number of H-pyrrole nitrogens is 1. The molecule has 3 aromatic carbocycles. The first-order valence-electron chi connectivity index (χ1n) is 10.8. The topological polar surface area (TPSA) is 96.3 Å². The predicted octanol–water partition coefficient (Wildman–Crippen LogP) is 4.28. The molecule has 168 valence electrons. The van der Waals surface area contributed by atoms with Crippen molar-refractivity contribution in [3.05, 3.63) is 110 Å². The van der Waals surface area contributed by atoms with Gasteiger partial charge >= 0.3 is 0 Å². The minimum atomic E-state index is -0.354. The Morgan fingerprint density at radius 2 is 1.65 bits per heavy atom. The molecule has 0 spiro atoms. The number of hydrogen-bond donors (Lipinski definition) is 1. The lowest BCUT2D eigenvalue weighted by Crippen LogP contribution is -2.28. The molecule has 0 saturated heterocycles. The molecule has 7 heteroatoms. The summed E-state index contributed by atoms with van der Waals surface area (Å²) in [7, 11) is 1.61. The maximum atomic E-state index is 13.4. The number of aromatic amines is 1. The van der Waals surface area contributed by atoms with Gasteiger partial charge in [-0.2, -0.15) is 0 Å². The van der Waals surface area contributed by atoms with Gasteiger partial charge in [-0.05, 0) is 31.2 Å². The van der Waals surface area contributed by atoms with E-state index in [1.54, 1.807) is 56.4 Å². The molecule has 34 heavy (non-hydrogen) atoms. The van der Waals surface area contributed by atoms with Crippen molar-refractivity contribution in [2.24, 2.45) is 0 Å². The van der Waals surface area contributed by atoms with Crippen LogP contribution >= 0.6 is 0 Å². The molecule has 0 aliphatic carbocycles. The maximum Gasteiger partial charge on any atom is 0.258 e. The van der Waals surface area contributed by atoms with Crippen molar-refractivity contribution in [1.82, 2.24) is 14.9 Å². The SMILES string of the molecule is Cc1c(-c2ccccc2)oc2c(C(=O)N(C)Cc3nc4ccccc4c(=O)[nH]3)cccc2c1=O. The Morgan fingerprint density at radius 3 is 2.44 bits per heavy atom. The summed E-state index contributed by atoms with van der Waals surface area (Å²) >= 11 is 0. The van der Waals surface area contributed by atoms with Gasteiger partial charge in [0.15, 0.2) is 11.0 Å². The monoisotopic (exact) mass is 451 g/mol. The summed E-state index contributed by atoms with van der Waals surface area (Å²) in [4.78, 5) is 47.5. The molecule has 5 rings (SSSR count). The fraction of sp³-hybridized carbons (Fsp3) is 0.111. The molecule has 7 nitrogen and oxygen atoms in total. The number of hydrogen-bond acceptors (Lipinski definition) is 5. The zero-order valence-electron chi connectivity index (χ0n) is 18.7. The number of nitrogens with zero attached hydrogens (tertiary/aromatic N) is 2. The van der Waals surface area contributed by atoms with Crippen molar-refractivity contribution in [2.45, 2.75) is 13.5 Å². The van der Waals surface area contributed by atoms with E-state index >= 15 is 0 Å². The molecule has 0 fully saturated rings. The zero-order chi connectivity index (χ0) is 23.8. The zero-order valence-corrected chi connectivity index (χ0v) is 18.7. The Hall–Kier alpha value is -4.52. The van der Waals surface area contributed by atoms with Crippen molar-refractivity contribution >= 4 is 27.8 Å². The highest BCUT2D eigenvalue weighted by Gasteiger charge is 2.21. The summed E-state index contributed by atoms with van der Waals surface area (Å²) in [5, 5.41) is 0.827. The maximum absolute atomic E-state index is 13.4. The molecule has 0 saturated carbocycles. The summed E-state index contributed by atoms with van der Waals surface area (Å²) in [6.07, 6.45) is 0. The molecule has 0 aliphatic rings. The summed E-state index contributed by atoms with van der Waals surface area (Å²) in [5.74, 6) is 0.441. The van der Waals surface area contributed by atoms with Crippen LogP contribution in [0, 0.1) is 6.92 Å². The van der Waals surface area contributed by atoms with Crippen molar-refractivity contribution in [2.75, 3.05) is 7.05 Å². The van der Waals surface area contributed by atoms with Crippen molar-refractivity contribution < 1.29 is 9.21 Å². The van der Waals surface area contributed by atoms with Crippen LogP contribution in [0.5, 0.6) is 0 Å². The largest absolute Gasteiger partial charge is 0.455 e. The van der Waals surface area contributed by atoms with E-state index in [1.165, 1.54) is 4.90 Å². The van der Waals surface area contributed by atoms with Gasteiger partial charge in [0, 0.05) is 18.2 Å². The number of aromatic nitrogens is 2. The minimum Gasteiger partial charge on any atom is -0.455 e. The Morgan fingerprint density at radius 1 is 0.941 bits per heavy atom. The number of rotatable bonds is 4. The fourth-order valence-corrected chi connectivity index (χ4v) is 4.05. The second-order valence-electron chi connectivity index (χ2n) is 8.12. The van der Waals surface area contributed by atoms with Gasteiger partial charge in [-0.3, -0.25) is 14.4 Å². The van der Waals surface area contributed by atoms with Gasteiger partial charge in [0.25, 0.3) is 11.5 Å². The molecular weight excluding hydrogens is 430 g/mol. The Kier molecular flexibility index (Phi) is 5.30. The molecule has 0 unspecified atom stereocenters. The second-order valence-corrected chi connectivity index (χ2v) is 8.12. The van der Waals surface area contributed by atoms with E-state index in [1.807, 2.05) is 30.3 Å². The van der Waals surface area contributed by atoms with Crippen LogP contribution in [0.15, 0.2) is 86.8 Å². The van der Waals surface area contributed by atoms with Crippen LogP contribution < -0.4 is 11.0 Å². The Balaban J connectivity index is 1.56. The van der Waals surface area contributed by atoms with Crippen molar-refractivity contribution in [1.29, 1.82) is 0 Å². The number of para-hydroxylation sites is 2. The van der Waals surface area contributed by atoms with Gasteiger partial charge in [-0.25, -0.2) is 4.98 Å². The van der Waals surface area contributed by atoms with E-state index in [-0.39, 0.29) is 34.6 Å². The number of amides is 1. The molecule has 0 aliphatic heterocycles. The van der Waals surface area contributed by atoms with E-state index < -0.39 is 0 Å². The van der Waals surface area contributed by atoms with Crippen LogP contribution in [0.2, 0.25) is 0 Å². The van der Waals surface area contributed by atoms with Gasteiger partial charge in [-0.1, -0.05) is 48.5 Å². The van der Waals surface area contributed by atoms with Crippen LogP contribution in [0.4, 0.5) is 0 Å². The van der Waals surface area contributed by atoms with Crippen LogP contribution in [-0.2, 0) is 6.54 Å². The fourth-order valence-electron chi connectivity index (χ4n) is 4.05. The molecule has 2 aromatic heterocycles. The first-order chi connectivity index (χ1) is 16.4. The number of fused-ring (bicyclic) bond motifs is 2. The molecule has 2 heterocycles. The summed E-state index contributed by atoms with van der Waals surface area (Å²) < 4.78 is 6.17. The minimum absolute atomic E-state index is 0.0803. The van der Waals surface area contributed by atoms with Gasteiger partial charge < -0.3 is 14.3 Å². The molecule has 5 aromatic rings. The lowest BCUT2D eigenvalue weighted by molar-refractivity contribution is 0.0782. The third kappa shape index (κ3) is 3.67. The average molecular weight is 451 g/mol. The quantitative estimate of drug-likeness (QED) is 0.440. The number of nitrogens with one attached hydrogen (secondary N) is 1. The predicted molar refractivity (Wildman–Crippen MR) is 131 cm³/mol. The Bertz CT molecular complexity index is 1670. The van der Waals surface area contributed by atoms with Gasteiger partial charge in [0.1, 0.15) is 11.6 Å². The molecule has 0 bridgehead atoms. The van der Waals surface area contributed by atoms with E-state index in [4.69, 9.17) is 4.42 Å². The first kappa shape index (κ1) is 21.3. The third-order valence-electron chi connectivity index (χ3n) is 5.81. The van der Waals surface area contributed by atoms with Crippen LogP contribution in [-0.4, -0.2) is 27.8 Å². The van der Waals surface area contributed by atoms with Crippen molar-refractivity contribution in [3.8, 4) is 11.3 Å². The van der Waals surface area contributed by atoms with Crippen molar-refractivity contribution in [3.63, 3.8) is 0 Å². The van der Waals surface area contributed by atoms with E-state index in [0.29, 0.717) is 33.4 Å². The Labute approximate surface area is 194 Å². The highest BCUT2D eigenvalue weighted by molar-refractivity contribution is 6.05. The molecular formula is C27H21N3O4. The highest BCUT2D eigenvalue weighted by atomic mass is 16.3. The van der Waals surface area contributed by atoms with Gasteiger partial charge in [-0.15, -0.1) is 0 Å². The van der Waals surface area contributed by atoms with Gasteiger partial charge in [0.05, 0.1) is 28.4 Å². The van der Waals surface area contributed by atoms with E-state index in [0.717, 1.165) is 5.56 Å². The lowest BCUT2D eigenvalue weighted by atomic mass is 10.0. The summed E-state index contributed by atoms with van der Waals surface area (Å²) in [6.45, 7) is 1.80. The third-order valence-corrected chi connectivity index (χ3v) is 5.81. The van der Waals surface area contributed by atoms with Crippen LogP contribution in [0.1, 0.15) is 21.7 Å². The molecule has 0 atom stereocenters. The normalized spacial score (nSPS) is 11.1. The number of benzene rings is 3. The smallest absolute Gasteiger partial charge is 0.258 e. The molecule has 1 amide bonds. The van der Waals surface area contributed by atoms with Crippen LogP contribution in [0.25, 0.3) is 33.2 Å². The summed E-state index contributed by atoms with van der Waals surface area (Å²) in [6, 6.07) is 21.3. The lowest BCUT2D eigenvalue weighted by Gasteiger charge is -2.18. The average Bonchev–Trinajstić information content (AvgIpc) is 2.86. The van der Waals surface area contributed by atoms with E-state index in [2.05, 4.69) is 9.97 Å². The second kappa shape index (κ2) is 8.44. The molecule has 1 N–H and O–H groups in total. The molecule has 0 radical (unpaired) electrons. The highest BCUT2D eigenvalue weighted by Crippen LogP contribution is 2.27.